The summed E-state index contributed by atoms with van der Waals surface area (Å²) in [5.74, 6) is -0.288. The molecule has 3 unspecified atom stereocenters. The Hall–Kier alpha value is -1.70. The van der Waals surface area contributed by atoms with E-state index >= 15 is 0 Å². The first kappa shape index (κ1) is 21.3. The van der Waals surface area contributed by atoms with Crippen LogP contribution in [-0.4, -0.2) is 53.0 Å². The lowest BCUT2D eigenvalue weighted by Crippen LogP contribution is -2.77. The number of rotatable bonds is 7. The lowest BCUT2D eigenvalue weighted by atomic mass is 9.85. The molecule has 8 heteroatoms. The number of carbonyl (C=O) groups excluding carboxylic acids is 2. The van der Waals surface area contributed by atoms with E-state index in [4.69, 9.17) is 10.3 Å². The van der Waals surface area contributed by atoms with Gasteiger partial charge in [0.25, 0.3) is 6.23 Å². The number of nitrogens with zero attached hydrogens (tertiary/aromatic N) is 2. The summed E-state index contributed by atoms with van der Waals surface area (Å²) in [6, 6.07) is -1.32. The number of alkyl carbamates (subject to hydrolysis) is 1. The number of hydrogen-bond acceptors (Lipinski definition) is 4. The zero-order valence-electron chi connectivity index (χ0n) is 15.9. The van der Waals surface area contributed by atoms with Crippen molar-refractivity contribution >= 4 is 12.0 Å². The number of hydrogen-bond donors (Lipinski definition) is 3. The van der Waals surface area contributed by atoms with E-state index < -0.39 is 29.8 Å². The molecule has 0 saturated carbocycles. The molecule has 1 fully saturated rings. The molecule has 1 aliphatic heterocycles. The van der Waals surface area contributed by atoms with E-state index in [0.29, 0.717) is 13.0 Å². The van der Waals surface area contributed by atoms with Crippen LogP contribution in [0.15, 0.2) is 0 Å². The largest absolute Gasteiger partial charge is 0.506 e. The minimum atomic E-state index is -1.22. The smallest absolute Gasteiger partial charge is 0.408 e. The summed E-state index contributed by atoms with van der Waals surface area (Å²) in [6.45, 7) is 9.87. The monoisotopic (exact) mass is 356 g/mol. The van der Waals surface area contributed by atoms with Crippen LogP contribution < -0.4 is 10.4 Å². The first-order valence-corrected chi connectivity index (χ1v) is 8.97. The Labute approximate surface area is 149 Å². The van der Waals surface area contributed by atoms with E-state index in [-0.39, 0.29) is 12.0 Å². The van der Waals surface area contributed by atoms with Crippen molar-refractivity contribution in [1.29, 1.82) is 0 Å². The molecule has 0 aromatic heterocycles. The molecule has 4 atom stereocenters. The third kappa shape index (κ3) is 5.95. The summed E-state index contributed by atoms with van der Waals surface area (Å²) >= 11 is 0. The molecule has 144 valence electrons. The van der Waals surface area contributed by atoms with E-state index in [1.54, 1.807) is 5.11 Å². The summed E-state index contributed by atoms with van der Waals surface area (Å²) in [5.41, 5.74) is 8.43. The number of aliphatic hydroxyl groups excluding tert-OH is 1. The molecule has 2 amide bonds. The summed E-state index contributed by atoms with van der Waals surface area (Å²) in [6.07, 6.45) is 0.899. The molecule has 0 aliphatic carbocycles. The number of likely N-dealkylation sites (tertiary alicyclic amines) is 1. The molecule has 1 aliphatic rings. The Balaban J connectivity index is 2.86. The van der Waals surface area contributed by atoms with E-state index in [0.717, 1.165) is 19.3 Å². The predicted molar refractivity (Wildman–Crippen MR) is 92.3 cm³/mol. The average molecular weight is 356 g/mol. The van der Waals surface area contributed by atoms with Crippen LogP contribution in [0.5, 0.6) is 0 Å². The second-order valence-corrected chi connectivity index (χ2v) is 7.76. The maximum absolute atomic E-state index is 13.0. The molecule has 0 aromatic rings. The van der Waals surface area contributed by atoms with Crippen molar-refractivity contribution in [3.8, 4) is 0 Å². The van der Waals surface area contributed by atoms with Crippen LogP contribution in [0.2, 0.25) is 0 Å². The Bertz CT molecular complexity index is 478. The van der Waals surface area contributed by atoms with E-state index in [2.05, 4.69) is 5.32 Å². The van der Waals surface area contributed by atoms with Crippen molar-refractivity contribution in [1.82, 2.24) is 10.2 Å². The van der Waals surface area contributed by atoms with Gasteiger partial charge in [0.1, 0.15) is 18.2 Å². The normalized spacial score (nSPS) is 21.4. The first-order valence-electron chi connectivity index (χ1n) is 8.97. The Kier molecular flexibility index (Phi) is 7.79. The molecule has 0 bridgehead atoms. The Morgan fingerprint density at radius 2 is 2.08 bits per heavy atom. The van der Waals surface area contributed by atoms with Gasteiger partial charge in [-0.3, -0.25) is 4.79 Å². The highest BCUT2D eigenvalue weighted by molar-refractivity contribution is 5.87. The number of aliphatic hydroxyl groups is 1. The van der Waals surface area contributed by atoms with Crippen LogP contribution >= 0.6 is 0 Å². The Morgan fingerprint density at radius 1 is 1.44 bits per heavy atom. The van der Waals surface area contributed by atoms with Gasteiger partial charge in [0.05, 0.1) is 0 Å². The molecule has 1 saturated heterocycles. The van der Waals surface area contributed by atoms with Crippen molar-refractivity contribution in [3.05, 3.63) is 5.53 Å². The van der Waals surface area contributed by atoms with Gasteiger partial charge in [-0.15, -0.1) is 0 Å². The van der Waals surface area contributed by atoms with Crippen LogP contribution in [0.1, 0.15) is 60.3 Å². The first-order chi connectivity index (χ1) is 11.6. The van der Waals surface area contributed by atoms with Crippen LogP contribution in [-0.2, 0) is 9.53 Å². The van der Waals surface area contributed by atoms with E-state index in [9.17, 15) is 14.7 Å². The zero-order chi connectivity index (χ0) is 19.2. The standard InChI is InChI=1S/C17H32N4O4/c1-6-8-11(2)25-16(24)19-13(17(3,4)5)15(23)21-10-7-9-12(21)14(22)20-18/h11-14,20,22H,6-10H2,1-5H3,(H,19,24)/t11?,12?,13-,14?/m1/s1. The fourth-order valence-electron chi connectivity index (χ4n) is 3.09. The van der Waals surface area contributed by atoms with Gasteiger partial charge < -0.3 is 30.7 Å². The van der Waals surface area contributed by atoms with Gasteiger partial charge in [0, 0.05) is 6.54 Å². The average Bonchev–Trinajstić information content (AvgIpc) is 2.99. The predicted octanol–water partition coefficient (Wildman–Crippen LogP) is 0.728. The molecule has 3 N–H and O–H groups in total. The fraction of sp³-hybridized carbons (Fsp3) is 0.882. The van der Waals surface area contributed by atoms with Crippen molar-refractivity contribution in [3.63, 3.8) is 0 Å². The van der Waals surface area contributed by atoms with Crippen molar-refractivity contribution in [2.75, 3.05) is 6.54 Å². The second kappa shape index (κ2) is 9.12. The van der Waals surface area contributed by atoms with E-state index in [1.807, 2.05) is 34.6 Å². The third-order valence-corrected chi connectivity index (χ3v) is 4.46. The van der Waals surface area contributed by atoms with Crippen molar-refractivity contribution < 1.29 is 24.5 Å². The third-order valence-electron chi connectivity index (χ3n) is 4.46. The molecular formula is C17H32N4O4. The molecule has 0 radical (unpaired) electrons. The summed E-state index contributed by atoms with van der Waals surface area (Å²) < 4.78 is 5.30. The summed E-state index contributed by atoms with van der Waals surface area (Å²) in [4.78, 5) is 26.7. The number of amides is 2. The molecule has 0 aromatic carbocycles. The molecule has 1 heterocycles. The van der Waals surface area contributed by atoms with E-state index in [1.165, 1.54) is 4.90 Å². The SMILES string of the molecule is CCCC(C)OC(=O)N[C@H](C(=O)N1CCCC1C(O)[NH+]=[N-])C(C)(C)C. The molecule has 8 nitrogen and oxygen atoms in total. The quantitative estimate of drug-likeness (QED) is 0.460. The van der Waals surface area contributed by atoms with Gasteiger partial charge in [0.15, 0.2) is 0 Å². The summed E-state index contributed by atoms with van der Waals surface area (Å²) in [7, 11) is 0. The van der Waals surface area contributed by atoms with Gasteiger partial charge in [-0.05, 0) is 31.6 Å². The minimum Gasteiger partial charge on any atom is -0.506 e. The fourth-order valence-corrected chi connectivity index (χ4v) is 3.09. The van der Waals surface area contributed by atoms with Gasteiger partial charge in [-0.25, -0.2) is 4.79 Å². The zero-order valence-corrected chi connectivity index (χ0v) is 15.9. The maximum atomic E-state index is 13.0. The highest BCUT2D eigenvalue weighted by Crippen LogP contribution is 2.26. The van der Waals surface area contributed by atoms with Crippen molar-refractivity contribution in [2.45, 2.75) is 84.7 Å². The summed E-state index contributed by atoms with van der Waals surface area (Å²) in [5, 5.41) is 14.3. The topological polar surface area (TPSA) is 115 Å². The molecule has 1 rings (SSSR count). The highest BCUT2D eigenvalue weighted by Gasteiger charge is 2.43. The van der Waals surface area contributed by atoms with Crippen LogP contribution in [0.3, 0.4) is 0 Å². The lowest BCUT2D eigenvalue weighted by molar-refractivity contribution is -0.582. The minimum absolute atomic E-state index is 0.222. The molecular weight excluding hydrogens is 324 g/mol. The number of carbonyl (C=O) groups is 2. The van der Waals surface area contributed by atoms with Crippen LogP contribution in [0, 0.1) is 5.41 Å². The van der Waals surface area contributed by atoms with Gasteiger partial charge in [-0.1, -0.05) is 34.1 Å². The van der Waals surface area contributed by atoms with Crippen LogP contribution in [0.4, 0.5) is 4.79 Å². The Morgan fingerprint density at radius 3 is 2.60 bits per heavy atom. The number of nitrogens with one attached hydrogen (secondary N) is 2. The van der Waals surface area contributed by atoms with Gasteiger partial charge in [-0.2, -0.15) is 0 Å². The van der Waals surface area contributed by atoms with Crippen molar-refractivity contribution in [2.24, 2.45) is 5.41 Å². The number of ether oxygens (including phenoxy) is 1. The lowest BCUT2D eigenvalue weighted by Gasteiger charge is -2.35. The van der Waals surface area contributed by atoms with Crippen LogP contribution in [0.25, 0.3) is 5.53 Å². The van der Waals surface area contributed by atoms with Gasteiger partial charge in [0.2, 0.25) is 5.91 Å². The highest BCUT2D eigenvalue weighted by atomic mass is 16.6. The second-order valence-electron chi connectivity index (χ2n) is 7.76. The molecule has 0 spiro atoms. The maximum Gasteiger partial charge on any atom is 0.408 e. The van der Waals surface area contributed by atoms with Gasteiger partial charge >= 0.3 is 6.09 Å². The molecule has 25 heavy (non-hydrogen) atoms.